The Morgan fingerprint density at radius 1 is 1.35 bits per heavy atom. The van der Waals surface area contributed by atoms with Crippen molar-refractivity contribution in [2.75, 3.05) is 7.11 Å². The number of fused-ring (bicyclic) bond motifs is 1. The fourth-order valence-electron chi connectivity index (χ4n) is 2.10. The van der Waals surface area contributed by atoms with Crippen LogP contribution in [0.4, 0.5) is 0 Å². The van der Waals surface area contributed by atoms with E-state index in [1.165, 1.54) is 6.33 Å². The van der Waals surface area contributed by atoms with Crippen molar-refractivity contribution in [2.45, 2.75) is 20.0 Å². The van der Waals surface area contributed by atoms with E-state index >= 15 is 0 Å². The molecule has 0 aliphatic heterocycles. The van der Waals surface area contributed by atoms with Gasteiger partial charge in [-0.15, -0.1) is 0 Å². The Labute approximate surface area is 120 Å². The molecule has 0 aliphatic rings. The van der Waals surface area contributed by atoms with Gasteiger partial charge in [-0.25, -0.2) is 4.98 Å². The Morgan fingerprint density at radius 2 is 2.20 bits per heavy atom. The van der Waals surface area contributed by atoms with Gasteiger partial charge < -0.3 is 9.72 Å². The van der Waals surface area contributed by atoms with Crippen molar-refractivity contribution in [3.8, 4) is 5.88 Å². The zero-order valence-corrected chi connectivity index (χ0v) is 12.0. The standard InChI is InChI=1S/C12H14N6OS/c1-8-5-15-17(6-8)3-4-18-10-9(16-12(18)20)11(19-2)14-7-13-10/h5-7H,3-4H2,1-2H3,(H,16,20). The average molecular weight is 290 g/mol. The zero-order chi connectivity index (χ0) is 14.1. The molecule has 8 heteroatoms. The van der Waals surface area contributed by atoms with Crippen LogP contribution in [0.2, 0.25) is 0 Å². The number of imidazole rings is 1. The lowest BCUT2D eigenvalue weighted by molar-refractivity contribution is 0.401. The molecule has 20 heavy (non-hydrogen) atoms. The van der Waals surface area contributed by atoms with Gasteiger partial charge in [-0.1, -0.05) is 0 Å². The van der Waals surface area contributed by atoms with Crippen LogP contribution in [0.5, 0.6) is 5.88 Å². The Kier molecular flexibility index (Phi) is 3.23. The summed E-state index contributed by atoms with van der Waals surface area (Å²) in [4.78, 5) is 11.4. The second kappa shape index (κ2) is 5.04. The third kappa shape index (κ3) is 2.18. The van der Waals surface area contributed by atoms with E-state index in [0.717, 1.165) is 23.3 Å². The largest absolute Gasteiger partial charge is 0.479 e. The van der Waals surface area contributed by atoms with Crippen LogP contribution in [0.3, 0.4) is 0 Å². The highest BCUT2D eigenvalue weighted by molar-refractivity contribution is 7.71. The molecule has 3 rings (SSSR count). The van der Waals surface area contributed by atoms with Gasteiger partial charge in [-0.2, -0.15) is 10.1 Å². The van der Waals surface area contributed by atoms with E-state index in [1.54, 1.807) is 7.11 Å². The number of H-pyrrole nitrogens is 1. The highest BCUT2D eigenvalue weighted by Gasteiger charge is 2.11. The van der Waals surface area contributed by atoms with Gasteiger partial charge in [0.25, 0.3) is 0 Å². The van der Waals surface area contributed by atoms with Gasteiger partial charge in [0.2, 0.25) is 5.88 Å². The molecular formula is C12H14N6OS. The molecule has 0 saturated carbocycles. The molecule has 0 saturated heterocycles. The van der Waals surface area contributed by atoms with E-state index in [-0.39, 0.29) is 0 Å². The SMILES string of the molecule is COc1ncnc2c1[nH]c(=S)n2CCn1cc(C)cn1. The molecule has 0 unspecified atom stereocenters. The first-order valence-electron chi connectivity index (χ1n) is 6.15. The number of aromatic nitrogens is 6. The Bertz CT molecular complexity index is 802. The summed E-state index contributed by atoms with van der Waals surface area (Å²) < 4.78 is 9.61. The smallest absolute Gasteiger partial charge is 0.242 e. The lowest BCUT2D eigenvalue weighted by Crippen LogP contribution is -2.08. The van der Waals surface area contributed by atoms with E-state index in [4.69, 9.17) is 17.0 Å². The maximum Gasteiger partial charge on any atom is 0.242 e. The molecule has 0 amide bonds. The first-order valence-corrected chi connectivity index (χ1v) is 6.56. The number of aryl methyl sites for hydroxylation is 3. The summed E-state index contributed by atoms with van der Waals surface area (Å²) in [7, 11) is 1.57. The molecule has 104 valence electrons. The van der Waals surface area contributed by atoms with Crippen molar-refractivity contribution in [3.05, 3.63) is 29.1 Å². The minimum absolute atomic E-state index is 0.495. The van der Waals surface area contributed by atoms with Crippen LogP contribution in [0, 0.1) is 11.7 Å². The molecule has 0 fully saturated rings. The van der Waals surface area contributed by atoms with Crippen LogP contribution in [0.15, 0.2) is 18.7 Å². The maximum atomic E-state index is 5.34. The third-order valence-electron chi connectivity index (χ3n) is 3.03. The maximum absolute atomic E-state index is 5.34. The molecule has 3 aromatic rings. The fraction of sp³-hybridized carbons (Fsp3) is 0.333. The quantitative estimate of drug-likeness (QED) is 0.740. The molecule has 0 bridgehead atoms. The highest BCUT2D eigenvalue weighted by Crippen LogP contribution is 2.19. The summed E-state index contributed by atoms with van der Waals surface area (Å²) in [5.74, 6) is 0.495. The van der Waals surface area contributed by atoms with Crippen molar-refractivity contribution >= 4 is 23.4 Å². The Hall–Kier alpha value is -2.22. The number of aromatic amines is 1. The highest BCUT2D eigenvalue weighted by atomic mass is 32.1. The Morgan fingerprint density at radius 3 is 2.90 bits per heavy atom. The van der Waals surface area contributed by atoms with Crippen LogP contribution < -0.4 is 4.74 Å². The van der Waals surface area contributed by atoms with Gasteiger partial charge in [-0.05, 0) is 24.7 Å². The van der Waals surface area contributed by atoms with E-state index < -0.39 is 0 Å². The number of ether oxygens (including phenoxy) is 1. The van der Waals surface area contributed by atoms with Gasteiger partial charge >= 0.3 is 0 Å². The van der Waals surface area contributed by atoms with Crippen molar-refractivity contribution in [1.82, 2.24) is 29.3 Å². The van der Waals surface area contributed by atoms with Crippen molar-refractivity contribution in [2.24, 2.45) is 0 Å². The van der Waals surface area contributed by atoms with Gasteiger partial charge in [0.05, 0.1) is 19.9 Å². The van der Waals surface area contributed by atoms with E-state index in [9.17, 15) is 0 Å². The minimum atomic E-state index is 0.495. The van der Waals surface area contributed by atoms with Crippen LogP contribution in [0.25, 0.3) is 11.2 Å². The summed E-state index contributed by atoms with van der Waals surface area (Å²) in [6.07, 6.45) is 5.30. The number of rotatable bonds is 4. The first-order chi connectivity index (χ1) is 9.69. The predicted molar refractivity (Wildman–Crippen MR) is 76.2 cm³/mol. The van der Waals surface area contributed by atoms with Crippen molar-refractivity contribution in [3.63, 3.8) is 0 Å². The van der Waals surface area contributed by atoms with Gasteiger partial charge in [0.1, 0.15) is 11.8 Å². The summed E-state index contributed by atoms with van der Waals surface area (Å²) in [5, 5.41) is 4.26. The van der Waals surface area contributed by atoms with E-state index in [2.05, 4.69) is 20.1 Å². The van der Waals surface area contributed by atoms with Crippen LogP contribution >= 0.6 is 12.2 Å². The van der Waals surface area contributed by atoms with Crippen LogP contribution in [0.1, 0.15) is 5.56 Å². The number of hydrogen-bond acceptors (Lipinski definition) is 5. The lowest BCUT2D eigenvalue weighted by Gasteiger charge is -2.04. The first kappa shape index (κ1) is 12.8. The third-order valence-corrected chi connectivity index (χ3v) is 3.36. The molecular weight excluding hydrogens is 276 g/mol. The minimum Gasteiger partial charge on any atom is -0.479 e. The molecule has 0 radical (unpaired) electrons. The molecule has 0 spiro atoms. The zero-order valence-electron chi connectivity index (χ0n) is 11.2. The number of hydrogen-bond donors (Lipinski definition) is 1. The number of nitrogens with one attached hydrogen (secondary N) is 1. The summed E-state index contributed by atoms with van der Waals surface area (Å²) in [6, 6.07) is 0. The summed E-state index contributed by atoms with van der Waals surface area (Å²) in [6.45, 7) is 3.42. The number of methoxy groups -OCH3 is 1. The molecule has 0 aromatic carbocycles. The monoisotopic (exact) mass is 290 g/mol. The Balaban J connectivity index is 1.95. The van der Waals surface area contributed by atoms with E-state index in [0.29, 0.717) is 17.2 Å². The van der Waals surface area contributed by atoms with Crippen molar-refractivity contribution < 1.29 is 4.74 Å². The van der Waals surface area contributed by atoms with Crippen LogP contribution in [-0.2, 0) is 13.1 Å². The summed E-state index contributed by atoms with van der Waals surface area (Å²) in [5.41, 5.74) is 2.60. The molecule has 7 nitrogen and oxygen atoms in total. The molecule has 0 aliphatic carbocycles. The van der Waals surface area contributed by atoms with Gasteiger partial charge in [-0.3, -0.25) is 9.25 Å². The second-order valence-corrected chi connectivity index (χ2v) is 4.83. The normalized spacial score (nSPS) is 11.1. The van der Waals surface area contributed by atoms with Gasteiger partial charge in [0, 0.05) is 12.7 Å². The molecule has 0 atom stereocenters. The summed E-state index contributed by atoms with van der Waals surface area (Å²) >= 11 is 5.34. The van der Waals surface area contributed by atoms with Crippen molar-refractivity contribution in [1.29, 1.82) is 0 Å². The molecule has 3 heterocycles. The molecule has 3 aromatic heterocycles. The molecule has 1 N–H and O–H groups in total. The predicted octanol–water partition coefficient (Wildman–Crippen LogP) is 1.70. The van der Waals surface area contributed by atoms with E-state index in [1.807, 2.05) is 28.6 Å². The van der Waals surface area contributed by atoms with Crippen LogP contribution in [-0.4, -0.2) is 36.4 Å². The van der Waals surface area contributed by atoms with Gasteiger partial charge in [0.15, 0.2) is 10.4 Å². The number of nitrogens with zero attached hydrogens (tertiary/aromatic N) is 5. The second-order valence-electron chi connectivity index (χ2n) is 4.44. The lowest BCUT2D eigenvalue weighted by atomic mass is 10.4. The average Bonchev–Trinajstić information content (AvgIpc) is 2.99. The fourth-order valence-corrected chi connectivity index (χ4v) is 2.38. The topological polar surface area (TPSA) is 73.6 Å².